The zero-order valence-electron chi connectivity index (χ0n) is 8.30. The van der Waals surface area contributed by atoms with E-state index in [0.29, 0.717) is 0 Å². The normalized spacial score (nSPS) is 17.4. The van der Waals surface area contributed by atoms with E-state index in [1.165, 1.54) is 7.11 Å². The Morgan fingerprint density at radius 1 is 1.64 bits per heavy atom. The van der Waals surface area contributed by atoms with E-state index in [1.54, 1.807) is 6.92 Å². The van der Waals surface area contributed by atoms with Crippen LogP contribution in [0.5, 0.6) is 0 Å². The van der Waals surface area contributed by atoms with E-state index in [9.17, 15) is 9.36 Å². The molecule has 0 saturated carbocycles. The maximum Gasteiger partial charge on any atom is 0.346 e. The third kappa shape index (κ3) is 4.19. The first-order valence-corrected chi connectivity index (χ1v) is 5.84. The summed E-state index contributed by atoms with van der Waals surface area (Å²) in [6.07, 6.45) is -0.0813. The lowest BCUT2D eigenvalue weighted by Gasteiger charge is -2.21. The Morgan fingerprint density at radius 3 is 2.57 bits per heavy atom. The van der Waals surface area contributed by atoms with Gasteiger partial charge in [0.25, 0.3) is 0 Å². The molecule has 2 unspecified atom stereocenters. The molecule has 0 aliphatic carbocycles. The molecule has 14 heavy (non-hydrogen) atoms. The minimum absolute atomic E-state index is 0.0699. The second-order valence-electron chi connectivity index (χ2n) is 2.64. The molecule has 84 valence electrons. The predicted octanol–water partition coefficient (Wildman–Crippen LogP) is 1.01. The molecular weight excluding hydrogens is 209 g/mol. The van der Waals surface area contributed by atoms with Gasteiger partial charge in [-0.1, -0.05) is 0 Å². The van der Waals surface area contributed by atoms with Crippen molar-refractivity contribution < 1.29 is 23.5 Å². The van der Waals surface area contributed by atoms with E-state index >= 15 is 0 Å². The fourth-order valence-electron chi connectivity index (χ4n) is 0.893. The van der Waals surface area contributed by atoms with Gasteiger partial charge in [-0.15, -0.1) is 0 Å². The number of nitrogens with two attached hydrogens (primary N) is 1. The number of aliphatic carboxylic acids is 1. The largest absolute Gasteiger partial charge is 0.481 e. The monoisotopic (exact) mass is 225 g/mol. The Balaban J connectivity index is 4.23. The SMILES string of the molecule is CCOP(=O)(OC)C(N)CCC(=O)O. The topological polar surface area (TPSA) is 98.9 Å². The van der Waals surface area contributed by atoms with Crippen molar-refractivity contribution in [2.75, 3.05) is 13.7 Å². The summed E-state index contributed by atoms with van der Waals surface area (Å²) in [6, 6.07) is 0. The molecule has 0 radical (unpaired) electrons. The zero-order valence-corrected chi connectivity index (χ0v) is 9.20. The summed E-state index contributed by atoms with van der Waals surface area (Å²) in [5.41, 5.74) is 5.52. The molecule has 0 aromatic heterocycles. The highest BCUT2D eigenvalue weighted by Gasteiger charge is 2.31. The van der Waals surface area contributed by atoms with Crippen molar-refractivity contribution in [3.05, 3.63) is 0 Å². The molecule has 0 rings (SSSR count). The smallest absolute Gasteiger partial charge is 0.346 e. The van der Waals surface area contributed by atoms with E-state index in [0.717, 1.165) is 0 Å². The van der Waals surface area contributed by atoms with Gasteiger partial charge in [0.05, 0.1) is 6.61 Å². The van der Waals surface area contributed by atoms with Gasteiger partial charge >= 0.3 is 13.6 Å². The lowest BCUT2D eigenvalue weighted by atomic mass is 10.3. The van der Waals surface area contributed by atoms with Crippen molar-refractivity contribution in [3.63, 3.8) is 0 Å². The summed E-state index contributed by atoms with van der Waals surface area (Å²) in [5.74, 6) is -1.87. The Morgan fingerprint density at radius 2 is 2.21 bits per heavy atom. The molecule has 7 heteroatoms. The maximum absolute atomic E-state index is 11.7. The van der Waals surface area contributed by atoms with Crippen LogP contribution in [0.2, 0.25) is 0 Å². The van der Waals surface area contributed by atoms with E-state index in [-0.39, 0.29) is 19.4 Å². The van der Waals surface area contributed by atoms with Crippen LogP contribution in [0, 0.1) is 0 Å². The highest BCUT2D eigenvalue weighted by atomic mass is 31.2. The van der Waals surface area contributed by atoms with Crippen LogP contribution in [0.3, 0.4) is 0 Å². The molecule has 0 amide bonds. The maximum atomic E-state index is 11.7. The number of hydrogen-bond donors (Lipinski definition) is 2. The van der Waals surface area contributed by atoms with E-state index in [4.69, 9.17) is 15.4 Å². The summed E-state index contributed by atoms with van der Waals surface area (Å²) >= 11 is 0. The molecule has 0 spiro atoms. The van der Waals surface area contributed by atoms with Crippen LogP contribution >= 0.6 is 7.60 Å². The summed E-state index contributed by atoms with van der Waals surface area (Å²) in [6.45, 7) is 1.88. The molecule has 0 aromatic rings. The first-order chi connectivity index (χ1) is 6.46. The van der Waals surface area contributed by atoms with Gasteiger partial charge < -0.3 is 19.9 Å². The predicted molar refractivity (Wildman–Crippen MR) is 51.1 cm³/mol. The quantitative estimate of drug-likeness (QED) is 0.627. The third-order valence-electron chi connectivity index (χ3n) is 1.62. The Kier molecular flexibility index (Phi) is 5.95. The van der Waals surface area contributed by atoms with E-state index in [1.807, 2.05) is 0 Å². The average Bonchev–Trinajstić information content (AvgIpc) is 2.14. The zero-order chi connectivity index (χ0) is 11.2. The van der Waals surface area contributed by atoms with Gasteiger partial charge in [-0.05, 0) is 13.3 Å². The highest BCUT2D eigenvalue weighted by molar-refractivity contribution is 7.54. The van der Waals surface area contributed by atoms with Crippen molar-refractivity contribution in [1.82, 2.24) is 0 Å². The van der Waals surface area contributed by atoms with Gasteiger partial charge in [-0.2, -0.15) is 0 Å². The van der Waals surface area contributed by atoms with Gasteiger partial charge in [0.1, 0.15) is 5.78 Å². The van der Waals surface area contributed by atoms with Crippen LogP contribution in [0.4, 0.5) is 0 Å². The fraction of sp³-hybridized carbons (Fsp3) is 0.857. The molecule has 0 bridgehead atoms. The molecule has 3 N–H and O–H groups in total. The standard InChI is InChI=1S/C7H16NO5P/c1-3-13-14(11,12-2)6(8)4-5-7(9)10/h6H,3-5,8H2,1-2H3,(H,9,10). The van der Waals surface area contributed by atoms with Gasteiger partial charge in [0, 0.05) is 13.5 Å². The van der Waals surface area contributed by atoms with Gasteiger partial charge in [-0.25, -0.2) is 0 Å². The molecule has 0 aliphatic rings. The van der Waals surface area contributed by atoms with Gasteiger partial charge in [-0.3, -0.25) is 9.36 Å². The van der Waals surface area contributed by atoms with Gasteiger partial charge in [0.2, 0.25) is 0 Å². The summed E-state index contributed by atoms with van der Waals surface area (Å²) < 4.78 is 21.3. The van der Waals surface area contributed by atoms with E-state index < -0.39 is 19.3 Å². The first kappa shape index (κ1) is 13.6. The minimum atomic E-state index is -3.33. The number of hydrogen-bond acceptors (Lipinski definition) is 5. The van der Waals surface area contributed by atoms with Crippen LogP contribution in [-0.4, -0.2) is 30.6 Å². The molecule has 0 saturated heterocycles. The van der Waals surface area contributed by atoms with Crippen molar-refractivity contribution in [2.24, 2.45) is 5.73 Å². The van der Waals surface area contributed by atoms with Crippen LogP contribution in [-0.2, 0) is 18.4 Å². The van der Waals surface area contributed by atoms with E-state index in [2.05, 4.69) is 4.52 Å². The van der Waals surface area contributed by atoms with Crippen LogP contribution in [0.25, 0.3) is 0 Å². The fourth-order valence-corrected chi connectivity index (χ4v) is 2.27. The minimum Gasteiger partial charge on any atom is -0.481 e. The second kappa shape index (κ2) is 6.14. The Bertz CT molecular complexity index is 232. The lowest BCUT2D eigenvalue weighted by molar-refractivity contribution is -0.137. The molecule has 0 heterocycles. The van der Waals surface area contributed by atoms with Crippen molar-refractivity contribution >= 4 is 13.6 Å². The summed E-state index contributed by atoms with van der Waals surface area (Å²) in [5, 5.41) is 8.40. The second-order valence-corrected chi connectivity index (χ2v) is 5.01. The third-order valence-corrected chi connectivity index (χ3v) is 3.82. The Hall–Kier alpha value is -0.420. The van der Waals surface area contributed by atoms with Crippen LogP contribution in [0.1, 0.15) is 19.8 Å². The molecule has 6 nitrogen and oxygen atoms in total. The summed E-state index contributed by atoms with van der Waals surface area (Å²) in [7, 11) is -2.10. The highest BCUT2D eigenvalue weighted by Crippen LogP contribution is 2.51. The molecule has 2 atom stereocenters. The molecule has 0 fully saturated rings. The molecular formula is C7H16NO5P. The molecule has 0 aliphatic heterocycles. The number of rotatable bonds is 7. The van der Waals surface area contributed by atoms with Gasteiger partial charge in [0.15, 0.2) is 0 Å². The van der Waals surface area contributed by atoms with Crippen molar-refractivity contribution in [1.29, 1.82) is 0 Å². The Labute approximate surface area is 82.9 Å². The number of carboxylic acid groups (broad SMARTS) is 1. The van der Waals surface area contributed by atoms with Crippen LogP contribution < -0.4 is 5.73 Å². The first-order valence-electron chi connectivity index (χ1n) is 4.23. The molecule has 0 aromatic carbocycles. The van der Waals surface area contributed by atoms with Crippen molar-refractivity contribution in [2.45, 2.75) is 25.5 Å². The van der Waals surface area contributed by atoms with Crippen LogP contribution in [0.15, 0.2) is 0 Å². The number of carboxylic acids is 1. The average molecular weight is 225 g/mol. The van der Waals surface area contributed by atoms with Crippen molar-refractivity contribution in [3.8, 4) is 0 Å². The summed E-state index contributed by atoms with van der Waals surface area (Å²) in [4.78, 5) is 10.3. The lowest BCUT2D eigenvalue weighted by Crippen LogP contribution is -2.23. The number of carbonyl (C=O) groups is 1.